The Morgan fingerprint density at radius 2 is 2.10 bits per heavy atom. The lowest BCUT2D eigenvalue weighted by molar-refractivity contribution is 0.457. The second kappa shape index (κ2) is 6.70. The van der Waals surface area contributed by atoms with Gasteiger partial charge in [-0.25, -0.2) is 9.97 Å². The van der Waals surface area contributed by atoms with Gasteiger partial charge < -0.3 is 10.1 Å². The molecule has 0 atom stereocenters. The Morgan fingerprint density at radius 3 is 2.80 bits per heavy atom. The van der Waals surface area contributed by atoms with Gasteiger partial charge in [0.15, 0.2) is 0 Å². The van der Waals surface area contributed by atoms with Crippen LogP contribution >= 0.6 is 15.9 Å². The van der Waals surface area contributed by atoms with Gasteiger partial charge in [-0.15, -0.1) is 0 Å². The van der Waals surface area contributed by atoms with E-state index >= 15 is 0 Å². The summed E-state index contributed by atoms with van der Waals surface area (Å²) >= 11 is 3.47. The number of anilines is 1. The predicted molar refractivity (Wildman–Crippen MR) is 84.5 cm³/mol. The highest BCUT2D eigenvalue weighted by Crippen LogP contribution is 2.32. The molecule has 2 aromatic rings. The van der Waals surface area contributed by atoms with Crippen LogP contribution in [0.15, 0.2) is 35.1 Å². The van der Waals surface area contributed by atoms with Gasteiger partial charge in [0.25, 0.3) is 0 Å². The van der Waals surface area contributed by atoms with Gasteiger partial charge in [0, 0.05) is 6.54 Å². The van der Waals surface area contributed by atoms with Crippen LogP contribution in [0.4, 0.5) is 5.82 Å². The largest absolute Gasteiger partial charge is 0.438 e. The minimum Gasteiger partial charge on any atom is -0.438 e. The maximum Gasteiger partial charge on any atom is 0.238 e. The Morgan fingerprint density at radius 1 is 1.30 bits per heavy atom. The highest BCUT2D eigenvalue weighted by atomic mass is 79.9. The van der Waals surface area contributed by atoms with E-state index in [1.54, 1.807) is 0 Å². The summed E-state index contributed by atoms with van der Waals surface area (Å²) in [6.07, 6.45) is 1.49. The average Bonchev–Trinajstić information content (AvgIpc) is 2.44. The zero-order valence-corrected chi connectivity index (χ0v) is 13.4. The molecule has 0 saturated heterocycles. The van der Waals surface area contributed by atoms with Crippen molar-refractivity contribution in [2.24, 2.45) is 0 Å². The van der Waals surface area contributed by atoms with Crippen molar-refractivity contribution in [2.45, 2.75) is 26.7 Å². The van der Waals surface area contributed by atoms with Gasteiger partial charge in [-0.05, 0) is 46.5 Å². The summed E-state index contributed by atoms with van der Waals surface area (Å²) in [5.41, 5.74) is 1.24. The third-order valence-corrected chi connectivity index (χ3v) is 3.56. The van der Waals surface area contributed by atoms with Crippen molar-refractivity contribution < 1.29 is 4.74 Å². The number of hydrogen-bond acceptors (Lipinski definition) is 4. The molecule has 106 valence electrons. The van der Waals surface area contributed by atoms with Crippen LogP contribution in [0.25, 0.3) is 0 Å². The van der Waals surface area contributed by atoms with Crippen LogP contribution in [0.1, 0.15) is 32.3 Å². The first-order chi connectivity index (χ1) is 9.61. The third-order valence-electron chi connectivity index (χ3n) is 2.84. The van der Waals surface area contributed by atoms with Crippen molar-refractivity contribution in [3.8, 4) is 11.6 Å². The summed E-state index contributed by atoms with van der Waals surface area (Å²) in [7, 11) is 0. The highest BCUT2D eigenvalue weighted by Gasteiger charge is 2.10. The van der Waals surface area contributed by atoms with Crippen LogP contribution in [0.5, 0.6) is 11.6 Å². The lowest BCUT2D eigenvalue weighted by atomic mass is 10.0. The quantitative estimate of drug-likeness (QED) is 0.868. The summed E-state index contributed by atoms with van der Waals surface area (Å²) in [5, 5.41) is 3.15. The number of aromatic nitrogens is 2. The van der Waals surface area contributed by atoms with Gasteiger partial charge in [-0.1, -0.05) is 26.0 Å². The second-order valence-electron chi connectivity index (χ2n) is 4.70. The van der Waals surface area contributed by atoms with Crippen LogP contribution in [0.3, 0.4) is 0 Å². The standard InChI is InChI=1S/C15H18BrN3O/c1-4-17-14-13(16)15(19-9-18-14)20-12-7-5-6-11(8-12)10(2)3/h5-10H,4H2,1-3H3,(H,17,18,19). The summed E-state index contributed by atoms with van der Waals surface area (Å²) < 4.78 is 6.58. The monoisotopic (exact) mass is 335 g/mol. The van der Waals surface area contributed by atoms with E-state index < -0.39 is 0 Å². The molecule has 1 N–H and O–H groups in total. The topological polar surface area (TPSA) is 47.0 Å². The zero-order chi connectivity index (χ0) is 14.5. The molecule has 1 heterocycles. The van der Waals surface area contributed by atoms with E-state index in [1.165, 1.54) is 11.9 Å². The molecule has 0 aliphatic heterocycles. The number of nitrogens with one attached hydrogen (secondary N) is 1. The maximum absolute atomic E-state index is 5.85. The first kappa shape index (κ1) is 14.8. The van der Waals surface area contributed by atoms with Crippen molar-refractivity contribution in [3.05, 3.63) is 40.6 Å². The molecular formula is C15H18BrN3O. The molecule has 4 nitrogen and oxygen atoms in total. The van der Waals surface area contributed by atoms with Crippen molar-refractivity contribution in [3.63, 3.8) is 0 Å². The minimum atomic E-state index is 0.463. The van der Waals surface area contributed by atoms with Gasteiger partial charge in [0.05, 0.1) is 0 Å². The molecule has 0 amide bonds. The molecule has 1 aromatic carbocycles. The molecule has 5 heteroatoms. The fraction of sp³-hybridized carbons (Fsp3) is 0.333. The molecule has 0 aliphatic carbocycles. The van der Waals surface area contributed by atoms with E-state index in [0.29, 0.717) is 11.8 Å². The molecule has 1 aromatic heterocycles. The maximum atomic E-state index is 5.85. The molecule has 2 rings (SSSR count). The Balaban J connectivity index is 2.26. The van der Waals surface area contributed by atoms with Gasteiger partial charge in [0.2, 0.25) is 5.88 Å². The number of halogens is 1. The van der Waals surface area contributed by atoms with E-state index in [4.69, 9.17) is 4.74 Å². The van der Waals surface area contributed by atoms with Crippen LogP contribution in [0, 0.1) is 0 Å². The Labute approximate surface area is 127 Å². The van der Waals surface area contributed by atoms with Crippen molar-refractivity contribution in [1.82, 2.24) is 9.97 Å². The van der Waals surface area contributed by atoms with Crippen LogP contribution < -0.4 is 10.1 Å². The number of ether oxygens (including phenoxy) is 1. The second-order valence-corrected chi connectivity index (χ2v) is 5.49. The smallest absolute Gasteiger partial charge is 0.238 e. The molecule has 0 radical (unpaired) electrons. The number of benzene rings is 1. The van der Waals surface area contributed by atoms with E-state index in [-0.39, 0.29) is 0 Å². The molecular weight excluding hydrogens is 318 g/mol. The van der Waals surface area contributed by atoms with Crippen molar-refractivity contribution in [1.29, 1.82) is 0 Å². The first-order valence-electron chi connectivity index (χ1n) is 6.64. The van der Waals surface area contributed by atoms with E-state index in [2.05, 4.69) is 51.1 Å². The third kappa shape index (κ3) is 3.48. The molecule has 0 unspecified atom stereocenters. The van der Waals surface area contributed by atoms with E-state index in [0.717, 1.165) is 22.6 Å². The van der Waals surface area contributed by atoms with Crippen LogP contribution in [0.2, 0.25) is 0 Å². The van der Waals surface area contributed by atoms with Crippen molar-refractivity contribution in [2.75, 3.05) is 11.9 Å². The molecule has 0 aliphatic rings. The number of hydrogen-bond donors (Lipinski definition) is 1. The van der Waals surface area contributed by atoms with E-state index in [9.17, 15) is 0 Å². The van der Waals surface area contributed by atoms with Gasteiger partial charge in [-0.2, -0.15) is 0 Å². The summed E-state index contributed by atoms with van der Waals surface area (Å²) in [4.78, 5) is 8.34. The zero-order valence-electron chi connectivity index (χ0n) is 11.9. The minimum absolute atomic E-state index is 0.463. The average molecular weight is 336 g/mol. The highest BCUT2D eigenvalue weighted by molar-refractivity contribution is 9.10. The fourth-order valence-electron chi connectivity index (χ4n) is 1.76. The van der Waals surface area contributed by atoms with Crippen LogP contribution in [-0.2, 0) is 0 Å². The van der Waals surface area contributed by atoms with Crippen molar-refractivity contribution >= 4 is 21.7 Å². The normalized spacial score (nSPS) is 10.7. The molecule has 20 heavy (non-hydrogen) atoms. The Bertz CT molecular complexity index is 587. The van der Waals surface area contributed by atoms with Crippen LogP contribution in [-0.4, -0.2) is 16.5 Å². The summed E-state index contributed by atoms with van der Waals surface area (Å²) in [5.74, 6) is 2.48. The fourth-order valence-corrected chi connectivity index (χ4v) is 2.19. The summed E-state index contributed by atoms with van der Waals surface area (Å²) in [6.45, 7) is 7.12. The van der Waals surface area contributed by atoms with Gasteiger partial charge in [-0.3, -0.25) is 0 Å². The molecule has 0 fully saturated rings. The van der Waals surface area contributed by atoms with E-state index in [1.807, 2.05) is 25.1 Å². The molecule has 0 saturated carbocycles. The lowest BCUT2D eigenvalue weighted by Crippen LogP contribution is -2.02. The number of nitrogens with zero attached hydrogens (tertiary/aromatic N) is 2. The predicted octanol–water partition coefficient (Wildman–Crippen LogP) is 4.59. The number of rotatable bonds is 5. The SMILES string of the molecule is CCNc1ncnc(Oc2cccc(C(C)C)c2)c1Br. The molecule has 0 spiro atoms. The Kier molecular flexibility index (Phi) is 4.95. The Hall–Kier alpha value is -1.62. The molecule has 0 bridgehead atoms. The van der Waals surface area contributed by atoms with Gasteiger partial charge >= 0.3 is 0 Å². The lowest BCUT2D eigenvalue weighted by Gasteiger charge is -2.11. The summed E-state index contributed by atoms with van der Waals surface area (Å²) in [6, 6.07) is 8.04. The first-order valence-corrected chi connectivity index (χ1v) is 7.43. The van der Waals surface area contributed by atoms with Gasteiger partial charge in [0.1, 0.15) is 22.4 Å².